The van der Waals surface area contributed by atoms with Crippen LogP contribution in [-0.4, -0.2) is 19.0 Å². The molecule has 0 bridgehead atoms. The molecule has 0 heterocycles. The van der Waals surface area contributed by atoms with Gasteiger partial charge >= 0.3 is 0 Å². The fourth-order valence-corrected chi connectivity index (χ4v) is 0.759. The number of hydrogen-bond donors (Lipinski definition) is 0. The molecule has 0 aromatic rings. The lowest BCUT2D eigenvalue weighted by atomic mass is 10.2. The maximum atomic E-state index is 10.9. The molecule has 0 unspecified atom stereocenters. The van der Waals surface area contributed by atoms with Crippen molar-refractivity contribution in [3.63, 3.8) is 0 Å². The highest BCUT2D eigenvalue weighted by Gasteiger charge is 2.00. The van der Waals surface area contributed by atoms with Crippen molar-refractivity contribution < 1.29 is 9.53 Å². The topological polar surface area (TPSA) is 26.3 Å². The third kappa shape index (κ3) is 7.53. The van der Waals surface area contributed by atoms with Crippen LogP contribution in [0.4, 0.5) is 0 Å². The monoisotopic (exact) mass is 158 g/mol. The van der Waals surface area contributed by atoms with E-state index >= 15 is 0 Å². The van der Waals surface area contributed by atoms with Crippen LogP contribution in [0.25, 0.3) is 0 Å². The minimum absolute atomic E-state index is 0.216. The summed E-state index contributed by atoms with van der Waals surface area (Å²) in [7, 11) is 0. The Balaban J connectivity index is 3.17. The summed E-state index contributed by atoms with van der Waals surface area (Å²) in [6.45, 7) is 7.14. The van der Waals surface area contributed by atoms with Gasteiger partial charge in [0, 0.05) is 13.0 Å². The highest BCUT2D eigenvalue weighted by Crippen LogP contribution is 1.94. The van der Waals surface area contributed by atoms with E-state index in [-0.39, 0.29) is 5.78 Å². The Morgan fingerprint density at radius 2 is 2.09 bits per heavy atom. The van der Waals surface area contributed by atoms with E-state index in [0.717, 1.165) is 6.42 Å². The van der Waals surface area contributed by atoms with Crippen molar-refractivity contribution in [2.75, 3.05) is 13.2 Å². The first kappa shape index (κ1) is 10.6. The Morgan fingerprint density at radius 1 is 1.45 bits per heavy atom. The number of carbonyl (C=O) groups is 1. The number of carbonyl (C=O) groups excluding carboxylic acids is 1. The molecule has 0 aromatic heterocycles. The number of hydrogen-bond acceptors (Lipinski definition) is 2. The Labute approximate surface area is 68.9 Å². The Morgan fingerprint density at radius 3 is 2.55 bits per heavy atom. The molecule has 2 heteroatoms. The lowest BCUT2D eigenvalue weighted by Crippen LogP contribution is -2.11. The zero-order valence-corrected chi connectivity index (χ0v) is 7.72. The Kier molecular flexibility index (Phi) is 6.13. The molecule has 11 heavy (non-hydrogen) atoms. The first-order chi connectivity index (χ1) is 5.16. The zero-order valence-electron chi connectivity index (χ0n) is 7.72. The molecule has 0 aliphatic carbocycles. The lowest BCUT2D eigenvalue weighted by Gasteiger charge is -2.04. The van der Waals surface area contributed by atoms with Crippen LogP contribution in [0.5, 0.6) is 0 Å². The van der Waals surface area contributed by atoms with Gasteiger partial charge in [0.1, 0.15) is 6.61 Å². The zero-order chi connectivity index (χ0) is 8.69. The normalized spacial score (nSPS) is 10.5. The minimum Gasteiger partial charge on any atom is -0.373 e. The third-order valence-corrected chi connectivity index (χ3v) is 1.24. The molecule has 0 atom stereocenters. The second-order valence-electron chi connectivity index (χ2n) is 3.20. The average molecular weight is 158 g/mol. The molecule has 0 saturated heterocycles. The maximum absolute atomic E-state index is 10.9. The van der Waals surface area contributed by atoms with E-state index in [1.54, 1.807) is 0 Å². The molecular weight excluding hydrogens is 140 g/mol. The predicted molar refractivity (Wildman–Crippen MR) is 45.6 cm³/mol. The summed E-state index contributed by atoms with van der Waals surface area (Å²) < 4.78 is 5.16. The highest BCUT2D eigenvalue weighted by molar-refractivity contribution is 5.79. The summed E-state index contributed by atoms with van der Waals surface area (Å²) in [5.74, 6) is 0.734. The molecule has 0 amide bonds. The van der Waals surface area contributed by atoms with E-state index in [9.17, 15) is 4.79 Å². The van der Waals surface area contributed by atoms with Crippen molar-refractivity contribution in [3.8, 4) is 0 Å². The molecule has 0 aliphatic rings. The second-order valence-corrected chi connectivity index (χ2v) is 3.20. The van der Waals surface area contributed by atoms with Crippen LogP contribution in [0.1, 0.15) is 33.6 Å². The van der Waals surface area contributed by atoms with Gasteiger partial charge in [-0.1, -0.05) is 20.8 Å². The van der Waals surface area contributed by atoms with Gasteiger partial charge < -0.3 is 4.74 Å². The maximum Gasteiger partial charge on any atom is 0.158 e. The number of ketones is 1. The van der Waals surface area contributed by atoms with Crippen molar-refractivity contribution in [1.29, 1.82) is 0 Å². The third-order valence-electron chi connectivity index (χ3n) is 1.24. The van der Waals surface area contributed by atoms with Crippen molar-refractivity contribution >= 4 is 5.78 Å². The van der Waals surface area contributed by atoms with Gasteiger partial charge in [0.05, 0.1) is 0 Å². The summed E-state index contributed by atoms with van der Waals surface area (Å²) in [6, 6.07) is 0. The molecule has 0 rings (SSSR count). The van der Waals surface area contributed by atoms with Gasteiger partial charge in [0.25, 0.3) is 0 Å². The predicted octanol–water partition coefficient (Wildman–Crippen LogP) is 2.03. The van der Waals surface area contributed by atoms with E-state index in [4.69, 9.17) is 4.74 Å². The SMILES string of the molecule is CCCC(=O)COCC(C)C. The molecule has 2 nitrogen and oxygen atoms in total. The van der Waals surface area contributed by atoms with Crippen molar-refractivity contribution in [2.45, 2.75) is 33.6 Å². The standard InChI is InChI=1S/C9H18O2/c1-4-5-9(10)7-11-6-8(2)3/h8H,4-7H2,1-3H3. The summed E-state index contributed by atoms with van der Waals surface area (Å²) in [5, 5.41) is 0. The summed E-state index contributed by atoms with van der Waals surface area (Å²) >= 11 is 0. The Hall–Kier alpha value is -0.370. The van der Waals surface area contributed by atoms with Gasteiger partial charge in [-0.3, -0.25) is 4.79 Å². The van der Waals surface area contributed by atoms with Crippen molar-refractivity contribution in [1.82, 2.24) is 0 Å². The van der Waals surface area contributed by atoms with E-state index < -0.39 is 0 Å². The smallest absolute Gasteiger partial charge is 0.158 e. The molecule has 0 radical (unpaired) electrons. The second kappa shape index (κ2) is 6.35. The van der Waals surface area contributed by atoms with Gasteiger partial charge in [-0.2, -0.15) is 0 Å². The molecule has 0 aromatic carbocycles. The van der Waals surface area contributed by atoms with Gasteiger partial charge in [0.15, 0.2) is 5.78 Å². The quantitative estimate of drug-likeness (QED) is 0.591. The molecule has 0 fully saturated rings. The fraction of sp³-hybridized carbons (Fsp3) is 0.889. The average Bonchev–Trinajstić information content (AvgIpc) is 1.87. The van der Waals surface area contributed by atoms with E-state index in [1.807, 2.05) is 6.92 Å². The molecule has 66 valence electrons. The van der Waals surface area contributed by atoms with Crippen molar-refractivity contribution in [3.05, 3.63) is 0 Å². The summed E-state index contributed by atoms with van der Waals surface area (Å²) in [4.78, 5) is 10.9. The van der Waals surface area contributed by atoms with Crippen LogP contribution in [0, 0.1) is 5.92 Å². The molecule has 0 saturated carbocycles. The van der Waals surface area contributed by atoms with Gasteiger partial charge in [-0.25, -0.2) is 0 Å². The van der Waals surface area contributed by atoms with Crippen LogP contribution in [0.15, 0.2) is 0 Å². The molecule has 0 N–H and O–H groups in total. The van der Waals surface area contributed by atoms with E-state index in [1.165, 1.54) is 0 Å². The summed E-state index contributed by atoms with van der Waals surface area (Å²) in [5.41, 5.74) is 0. The van der Waals surface area contributed by atoms with Crippen LogP contribution in [-0.2, 0) is 9.53 Å². The largest absolute Gasteiger partial charge is 0.373 e. The van der Waals surface area contributed by atoms with E-state index in [0.29, 0.717) is 25.6 Å². The molecular formula is C9H18O2. The first-order valence-electron chi connectivity index (χ1n) is 4.26. The van der Waals surface area contributed by atoms with Gasteiger partial charge in [-0.15, -0.1) is 0 Å². The Bertz CT molecular complexity index is 108. The van der Waals surface area contributed by atoms with Gasteiger partial charge in [-0.05, 0) is 12.3 Å². The fourth-order valence-electron chi connectivity index (χ4n) is 0.759. The highest BCUT2D eigenvalue weighted by atomic mass is 16.5. The number of ether oxygens (including phenoxy) is 1. The number of rotatable bonds is 6. The van der Waals surface area contributed by atoms with Crippen LogP contribution >= 0.6 is 0 Å². The van der Waals surface area contributed by atoms with Crippen molar-refractivity contribution in [2.24, 2.45) is 5.92 Å². The van der Waals surface area contributed by atoms with Crippen LogP contribution < -0.4 is 0 Å². The lowest BCUT2D eigenvalue weighted by molar-refractivity contribution is -0.123. The molecule has 0 aliphatic heterocycles. The number of Topliss-reactive ketones (excluding diaryl/α,β-unsaturated/α-hetero) is 1. The van der Waals surface area contributed by atoms with Crippen LogP contribution in [0.2, 0.25) is 0 Å². The summed E-state index contributed by atoms with van der Waals surface area (Å²) in [6.07, 6.45) is 1.57. The first-order valence-corrected chi connectivity index (χ1v) is 4.26. The van der Waals surface area contributed by atoms with Crippen LogP contribution in [0.3, 0.4) is 0 Å². The minimum atomic E-state index is 0.216. The van der Waals surface area contributed by atoms with Gasteiger partial charge in [0.2, 0.25) is 0 Å². The van der Waals surface area contributed by atoms with E-state index in [2.05, 4.69) is 13.8 Å². The molecule has 0 spiro atoms.